The summed E-state index contributed by atoms with van der Waals surface area (Å²) >= 11 is 0. The maximum absolute atomic E-state index is 8.95. The number of nitrogens with zero attached hydrogens (tertiary/aromatic N) is 3. The van der Waals surface area contributed by atoms with Gasteiger partial charge in [0.05, 0.1) is 12.8 Å². The Morgan fingerprint density at radius 3 is 2.67 bits per heavy atom. The highest BCUT2D eigenvalue weighted by molar-refractivity contribution is 5.52. The van der Waals surface area contributed by atoms with Gasteiger partial charge < -0.3 is 20.1 Å². The number of hydrogen-bond donors (Lipinski definition) is 2. The topological polar surface area (TPSA) is 92.1 Å². The quantitative estimate of drug-likeness (QED) is 0.681. The molecule has 0 aliphatic rings. The van der Waals surface area contributed by atoms with E-state index in [0.717, 1.165) is 12.2 Å². The average Bonchev–Trinajstić information content (AvgIpc) is 2.63. The van der Waals surface area contributed by atoms with Crippen LogP contribution in [-0.2, 0) is 11.2 Å². The van der Waals surface area contributed by atoms with Crippen molar-refractivity contribution in [1.29, 1.82) is 5.26 Å². The van der Waals surface area contributed by atoms with E-state index in [2.05, 4.69) is 20.6 Å². The van der Waals surface area contributed by atoms with E-state index in [1.807, 2.05) is 30.3 Å². The highest BCUT2D eigenvalue weighted by atomic mass is 16.5. The predicted octanol–water partition coefficient (Wildman–Crippen LogP) is 2.07. The third-order valence-corrected chi connectivity index (χ3v) is 3.32. The summed E-state index contributed by atoms with van der Waals surface area (Å²) in [5.74, 6) is 1.85. The van der Waals surface area contributed by atoms with Crippen molar-refractivity contribution in [2.45, 2.75) is 6.42 Å². The van der Waals surface area contributed by atoms with Gasteiger partial charge in [-0.3, -0.25) is 0 Å². The Labute approximate surface area is 141 Å². The Kier molecular flexibility index (Phi) is 6.80. The van der Waals surface area contributed by atoms with Crippen molar-refractivity contribution in [3.05, 3.63) is 41.6 Å². The lowest BCUT2D eigenvalue weighted by Crippen LogP contribution is -2.09. The lowest BCUT2D eigenvalue weighted by atomic mass is 10.1. The Hall–Kier alpha value is -2.85. The van der Waals surface area contributed by atoms with Gasteiger partial charge in [-0.05, 0) is 24.1 Å². The summed E-state index contributed by atoms with van der Waals surface area (Å²) in [7, 11) is 3.37. The summed E-state index contributed by atoms with van der Waals surface area (Å²) in [6, 6.07) is 10.00. The number of anilines is 2. The Morgan fingerprint density at radius 2 is 2.00 bits per heavy atom. The Bertz CT molecular complexity index is 682. The molecular formula is C17H21N5O2. The van der Waals surface area contributed by atoms with Crippen LogP contribution in [0.4, 0.5) is 11.8 Å². The Balaban J connectivity index is 1.82. The molecule has 0 saturated heterocycles. The molecule has 1 aromatic carbocycles. The van der Waals surface area contributed by atoms with Gasteiger partial charge in [-0.15, -0.1) is 0 Å². The van der Waals surface area contributed by atoms with E-state index < -0.39 is 0 Å². The van der Waals surface area contributed by atoms with Gasteiger partial charge in [0.15, 0.2) is 0 Å². The molecule has 2 aromatic rings. The van der Waals surface area contributed by atoms with Crippen LogP contribution in [0.1, 0.15) is 11.1 Å². The van der Waals surface area contributed by atoms with Crippen molar-refractivity contribution in [3.8, 4) is 11.8 Å². The van der Waals surface area contributed by atoms with Crippen molar-refractivity contribution < 1.29 is 9.47 Å². The number of nitrogens with one attached hydrogen (secondary N) is 2. The number of nitriles is 1. The Morgan fingerprint density at radius 1 is 1.21 bits per heavy atom. The second kappa shape index (κ2) is 9.33. The number of methoxy groups -OCH3 is 1. The van der Waals surface area contributed by atoms with Crippen LogP contribution in [0, 0.1) is 11.3 Å². The standard InChI is InChI=1S/C17H21N5O2/c1-19-16-14(11-18)12-21-17(22-16)20-8-7-13-3-5-15(6-4-13)24-10-9-23-2/h3-6,12H,7-10H2,1-2H3,(H2,19,20,21,22). The first-order valence-corrected chi connectivity index (χ1v) is 7.66. The van der Waals surface area contributed by atoms with Gasteiger partial charge in [0.2, 0.25) is 5.95 Å². The molecule has 0 spiro atoms. The number of benzene rings is 1. The first-order chi connectivity index (χ1) is 11.8. The fraction of sp³-hybridized carbons (Fsp3) is 0.353. The minimum atomic E-state index is 0.423. The molecule has 1 heterocycles. The molecule has 0 saturated carbocycles. The number of hydrogen-bond acceptors (Lipinski definition) is 7. The van der Waals surface area contributed by atoms with Crippen molar-refractivity contribution in [3.63, 3.8) is 0 Å². The van der Waals surface area contributed by atoms with E-state index >= 15 is 0 Å². The number of aromatic nitrogens is 2. The summed E-state index contributed by atoms with van der Waals surface area (Å²) in [6.07, 6.45) is 2.34. The van der Waals surface area contributed by atoms with Gasteiger partial charge in [-0.25, -0.2) is 4.98 Å². The molecule has 0 bridgehead atoms. The van der Waals surface area contributed by atoms with Crippen molar-refractivity contribution in [2.75, 3.05) is 44.5 Å². The summed E-state index contributed by atoms with van der Waals surface area (Å²) in [4.78, 5) is 8.39. The average molecular weight is 327 g/mol. The molecule has 0 aliphatic heterocycles. The second-order valence-corrected chi connectivity index (χ2v) is 4.98. The van der Waals surface area contributed by atoms with Crippen molar-refractivity contribution in [2.24, 2.45) is 0 Å². The van der Waals surface area contributed by atoms with Crippen LogP contribution in [0.5, 0.6) is 5.75 Å². The van der Waals surface area contributed by atoms with E-state index in [4.69, 9.17) is 14.7 Å². The monoisotopic (exact) mass is 327 g/mol. The molecule has 0 aliphatic carbocycles. The largest absolute Gasteiger partial charge is 0.491 e. The fourth-order valence-electron chi connectivity index (χ4n) is 2.05. The lowest BCUT2D eigenvalue weighted by molar-refractivity contribution is 0.146. The maximum Gasteiger partial charge on any atom is 0.224 e. The van der Waals surface area contributed by atoms with Crippen LogP contribution < -0.4 is 15.4 Å². The van der Waals surface area contributed by atoms with E-state index in [1.165, 1.54) is 11.8 Å². The zero-order chi connectivity index (χ0) is 17.2. The SMILES string of the molecule is CNc1nc(NCCc2ccc(OCCOC)cc2)ncc1C#N. The summed E-state index contributed by atoms with van der Waals surface area (Å²) < 4.78 is 10.5. The molecule has 0 unspecified atom stereocenters. The zero-order valence-corrected chi connectivity index (χ0v) is 13.9. The molecule has 2 rings (SSSR count). The normalized spacial score (nSPS) is 10.0. The fourth-order valence-corrected chi connectivity index (χ4v) is 2.05. The molecule has 7 heteroatoms. The third-order valence-electron chi connectivity index (χ3n) is 3.32. The van der Waals surface area contributed by atoms with Crippen LogP contribution in [-0.4, -0.2) is 43.9 Å². The maximum atomic E-state index is 8.95. The van der Waals surface area contributed by atoms with Crippen LogP contribution in [0.15, 0.2) is 30.5 Å². The lowest BCUT2D eigenvalue weighted by Gasteiger charge is -2.08. The first-order valence-electron chi connectivity index (χ1n) is 7.66. The molecule has 7 nitrogen and oxygen atoms in total. The van der Waals surface area contributed by atoms with Gasteiger partial charge in [-0.2, -0.15) is 10.2 Å². The summed E-state index contributed by atoms with van der Waals surface area (Å²) in [6.45, 7) is 1.81. The summed E-state index contributed by atoms with van der Waals surface area (Å²) in [5, 5.41) is 15.0. The van der Waals surface area contributed by atoms with E-state index in [0.29, 0.717) is 37.1 Å². The van der Waals surface area contributed by atoms with E-state index in [9.17, 15) is 0 Å². The van der Waals surface area contributed by atoms with Crippen LogP contribution >= 0.6 is 0 Å². The summed E-state index contributed by atoms with van der Waals surface area (Å²) in [5.41, 5.74) is 1.61. The van der Waals surface area contributed by atoms with E-state index in [-0.39, 0.29) is 0 Å². The molecule has 126 valence electrons. The van der Waals surface area contributed by atoms with Gasteiger partial charge in [0.1, 0.15) is 29.8 Å². The molecule has 0 fully saturated rings. The zero-order valence-electron chi connectivity index (χ0n) is 13.9. The number of rotatable bonds is 9. The van der Waals surface area contributed by atoms with Gasteiger partial charge in [0.25, 0.3) is 0 Å². The minimum Gasteiger partial charge on any atom is -0.491 e. The van der Waals surface area contributed by atoms with Crippen molar-refractivity contribution >= 4 is 11.8 Å². The van der Waals surface area contributed by atoms with Gasteiger partial charge in [-0.1, -0.05) is 12.1 Å². The van der Waals surface area contributed by atoms with Crippen molar-refractivity contribution in [1.82, 2.24) is 9.97 Å². The van der Waals surface area contributed by atoms with Crippen LogP contribution in [0.2, 0.25) is 0 Å². The van der Waals surface area contributed by atoms with Gasteiger partial charge in [0, 0.05) is 20.7 Å². The van der Waals surface area contributed by atoms with E-state index in [1.54, 1.807) is 14.2 Å². The highest BCUT2D eigenvalue weighted by Crippen LogP contribution is 2.14. The molecule has 2 N–H and O–H groups in total. The number of ether oxygens (including phenoxy) is 2. The first kappa shape index (κ1) is 17.5. The van der Waals surface area contributed by atoms with Crippen LogP contribution in [0.25, 0.3) is 0 Å². The predicted molar refractivity (Wildman–Crippen MR) is 92.3 cm³/mol. The molecular weight excluding hydrogens is 306 g/mol. The van der Waals surface area contributed by atoms with Gasteiger partial charge >= 0.3 is 0 Å². The second-order valence-electron chi connectivity index (χ2n) is 4.98. The molecule has 1 aromatic heterocycles. The molecule has 0 atom stereocenters. The molecule has 24 heavy (non-hydrogen) atoms. The molecule has 0 amide bonds. The highest BCUT2D eigenvalue weighted by Gasteiger charge is 2.04. The molecule has 0 radical (unpaired) electrons. The smallest absolute Gasteiger partial charge is 0.224 e. The van der Waals surface area contributed by atoms with Crippen LogP contribution in [0.3, 0.4) is 0 Å². The third kappa shape index (κ3) is 5.11. The minimum absolute atomic E-state index is 0.423.